The van der Waals surface area contributed by atoms with Crippen molar-refractivity contribution in [2.24, 2.45) is 29.1 Å². The van der Waals surface area contributed by atoms with Crippen LogP contribution in [0.5, 0.6) is 0 Å². The number of fused-ring (bicyclic) bond motifs is 4. The Balaban J connectivity index is 1.58. The lowest BCUT2D eigenvalue weighted by Crippen LogP contribution is -2.44. The molecule has 0 aliphatic heterocycles. The highest BCUT2D eigenvalue weighted by molar-refractivity contribution is 5.82. The molecule has 0 spiro atoms. The lowest BCUT2D eigenvalue weighted by atomic mass is 9.52. The van der Waals surface area contributed by atoms with Gasteiger partial charge in [0.15, 0.2) is 0 Å². The SMILES string of the molecule is C=C(CCC)[C@H]1CC[C@H]2[C@@H]3CCC4=C(CCC(=O)C4)[C@H]3CC[C@]12C. The number of hydrogen-bond donors (Lipinski definition) is 0. The molecule has 1 nitrogen and oxygen atoms in total. The van der Waals surface area contributed by atoms with Crippen molar-refractivity contribution in [3.63, 3.8) is 0 Å². The number of hydrogen-bond acceptors (Lipinski definition) is 1. The fourth-order valence-electron chi connectivity index (χ4n) is 7.22. The molecule has 2 saturated carbocycles. The average Bonchev–Trinajstić information content (AvgIpc) is 2.92. The van der Waals surface area contributed by atoms with Crippen LogP contribution in [0.25, 0.3) is 0 Å². The summed E-state index contributed by atoms with van der Waals surface area (Å²) in [5, 5.41) is 0. The Morgan fingerprint density at radius 2 is 2.00 bits per heavy atom. The third-order valence-corrected chi connectivity index (χ3v) is 8.27. The van der Waals surface area contributed by atoms with Crippen molar-refractivity contribution in [1.29, 1.82) is 0 Å². The Hall–Kier alpha value is -0.850. The van der Waals surface area contributed by atoms with Gasteiger partial charge in [-0.25, -0.2) is 0 Å². The van der Waals surface area contributed by atoms with Gasteiger partial charge in [-0.15, -0.1) is 0 Å². The first-order valence-corrected chi connectivity index (χ1v) is 10.4. The van der Waals surface area contributed by atoms with Crippen LogP contribution in [0.4, 0.5) is 0 Å². The molecule has 0 aromatic rings. The molecule has 5 atom stereocenters. The Kier molecular flexibility index (Phi) is 4.25. The van der Waals surface area contributed by atoms with Crippen LogP contribution >= 0.6 is 0 Å². The molecule has 0 unspecified atom stereocenters. The molecule has 24 heavy (non-hydrogen) atoms. The number of ketones is 1. The molecule has 0 N–H and O–H groups in total. The molecule has 0 saturated heterocycles. The number of allylic oxidation sites excluding steroid dienone is 3. The van der Waals surface area contributed by atoms with Gasteiger partial charge in [-0.3, -0.25) is 4.79 Å². The first kappa shape index (κ1) is 16.6. The Morgan fingerprint density at radius 1 is 1.17 bits per heavy atom. The van der Waals surface area contributed by atoms with E-state index in [1.807, 2.05) is 0 Å². The van der Waals surface area contributed by atoms with E-state index in [9.17, 15) is 4.79 Å². The molecule has 4 aliphatic carbocycles. The molecule has 0 radical (unpaired) electrons. The van der Waals surface area contributed by atoms with Crippen molar-refractivity contribution in [3.8, 4) is 0 Å². The van der Waals surface area contributed by atoms with Crippen molar-refractivity contribution in [2.75, 3.05) is 0 Å². The van der Waals surface area contributed by atoms with E-state index in [4.69, 9.17) is 0 Å². The zero-order valence-electron chi connectivity index (χ0n) is 15.7. The summed E-state index contributed by atoms with van der Waals surface area (Å²) in [5.41, 5.74) is 5.35. The Labute approximate surface area is 148 Å². The van der Waals surface area contributed by atoms with Crippen LogP contribution in [0.1, 0.15) is 84.5 Å². The monoisotopic (exact) mass is 326 g/mol. The van der Waals surface area contributed by atoms with Gasteiger partial charge < -0.3 is 0 Å². The molecule has 2 fully saturated rings. The first-order valence-electron chi connectivity index (χ1n) is 10.4. The van der Waals surface area contributed by atoms with E-state index in [0.717, 1.165) is 42.9 Å². The van der Waals surface area contributed by atoms with Crippen LogP contribution in [-0.4, -0.2) is 5.78 Å². The molecule has 132 valence electrons. The van der Waals surface area contributed by atoms with Crippen LogP contribution in [-0.2, 0) is 4.79 Å². The smallest absolute Gasteiger partial charge is 0.137 e. The predicted molar refractivity (Wildman–Crippen MR) is 99.7 cm³/mol. The standard InChI is InChI=1S/C23H34O/c1-4-5-15(2)21-10-11-22-20-8-6-16-14-17(24)7-9-18(16)19(20)12-13-23(21,22)3/h19-22H,2,4-14H2,1,3H3/t19-,20-,21-,22+,23-/m1/s1. The second-order valence-corrected chi connectivity index (χ2v) is 9.34. The van der Waals surface area contributed by atoms with Gasteiger partial charge in [0.2, 0.25) is 0 Å². The van der Waals surface area contributed by atoms with Crippen molar-refractivity contribution < 1.29 is 4.79 Å². The summed E-state index contributed by atoms with van der Waals surface area (Å²) in [7, 11) is 0. The molecule has 4 rings (SSSR count). The molecule has 0 aromatic carbocycles. The maximum atomic E-state index is 11.8. The molecule has 4 aliphatic rings. The van der Waals surface area contributed by atoms with Gasteiger partial charge in [-0.2, -0.15) is 0 Å². The van der Waals surface area contributed by atoms with Crippen molar-refractivity contribution in [2.45, 2.75) is 84.5 Å². The minimum Gasteiger partial charge on any atom is -0.299 e. The van der Waals surface area contributed by atoms with E-state index in [1.54, 1.807) is 16.7 Å². The number of carbonyl (C=O) groups excluding carboxylic acids is 1. The predicted octanol–water partition coefficient (Wildman–Crippen LogP) is 6.24. The number of Topliss-reactive ketones (excluding diaryl/α,β-unsaturated/α-hetero) is 1. The molecule has 0 aromatic heterocycles. The van der Waals surface area contributed by atoms with E-state index < -0.39 is 0 Å². The summed E-state index contributed by atoms with van der Waals surface area (Å²) < 4.78 is 0. The fraction of sp³-hybridized carbons (Fsp3) is 0.783. The minimum atomic E-state index is 0.490. The van der Waals surface area contributed by atoms with E-state index in [1.165, 1.54) is 51.4 Å². The zero-order valence-corrected chi connectivity index (χ0v) is 15.7. The van der Waals surface area contributed by atoms with Gasteiger partial charge in [0.25, 0.3) is 0 Å². The van der Waals surface area contributed by atoms with Crippen LogP contribution in [0.15, 0.2) is 23.3 Å². The van der Waals surface area contributed by atoms with Crippen molar-refractivity contribution in [1.82, 2.24) is 0 Å². The largest absolute Gasteiger partial charge is 0.299 e. The molecule has 0 amide bonds. The first-order chi connectivity index (χ1) is 11.5. The van der Waals surface area contributed by atoms with Gasteiger partial charge in [-0.05, 0) is 80.5 Å². The summed E-state index contributed by atoms with van der Waals surface area (Å²) in [6, 6.07) is 0. The molecule has 1 heteroatoms. The third kappa shape index (κ3) is 2.45. The Bertz CT molecular complexity index is 583. The van der Waals surface area contributed by atoms with Gasteiger partial charge in [0, 0.05) is 12.8 Å². The molecule has 0 heterocycles. The molecular weight excluding hydrogens is 292 g/mol. The minimum absolute atomic E-state index is 0.490. The second kappa shape index (κ2) is 6.15. The maximum Gasteiger partial charge on any atom is 0.137 e. The Morgan fingerprint density at radius 3 is 2.79 bits per heavy atom. The average molecular weight is 327 g/mol. The maximum absolute atomic E-state index is 11.8. The normalized spacial score (nSPS) is 41.7. The molecule has 0 bridgehead atoms. The molecular formula is C23H34O. The van der Waals surface area contributed by atoms with Gasteiger partial charge in [-0.1, -0.05) is 43.6 Å². The third-order valence-electron chi connectivity index (χ3n) is 8.27. The van der Waals surface area contributed by atoms with Crippen LogP contribution in [0.3, 0.4) is 0 Å². The van der Waals surface area contributed by atoms with Crippen molar-refractivity contribution >= 4 is 5.78 Å². The highest BCUT2D eigenvalue weighted by atomic mass is 16.1. The summed E-state index contributed by atoms with van der Waals surface area (Å²) in [6.45, 7) is 9.38. The van der Waals surface area contributed by atoms with E-state index in [-0.39, 0.29) is 0 Å². The van der Waals surface area contributed by atoms with Crippen LogP contribution in [0.2, 0.25) is 0 Å². The van der Waals surface area contributed by atoms with Crippen LogP contribution < -0.4 is 0 Å². The van der Waals surface area contributed by atoms with E-state index >= 15 is 0 Å². The highest BCUT2D eigenvalue weighted by Crippen LogP contribution is 2.64. The zero-order chi connectivity index (χ0) is 16.9. The fourth-order valence-corrected chi connectivity index (χ4v) is 7.22. The summed E-state index contributed by atoms with van der Waals surface area (Å²) >= 11 is 0. The van der Waals surface area contributed by atoms with Crippen LogP contribution in [0, 0.1) is 29.1 Å². The number of rotatable bonds is 3. The van der Waals surface area contributed by atoms with Gasteiger partial charge in [0.05, 0.1) is 0 Å². The highest BCUT2D eigenvalue weighted by Gasteiger charge is 2.55. The quantitative estimate of drug-likeness (QED) is 0.561. The number of carbonyl (C=O) groups is 1. The topological polar surface area (TPSA) is 17.1 Å². The summed E-state index contributed by atoms with van der Waals surface area (Å²) in [5.74, 6) is 3.88. The van der Waals surface area contributed by atoms with Gasteiger partial charge >= 0.3 is 0 Å². The van der Waals surface area contributed by atoms with Crippen molar-refractivity contribution in [3.05, 3.63) is 23.3 Å². The lowest BCUT2D eigenvalue weighted by Gasteiger charge is -2.52. The van der Waals surface area contributed by atoms with E-state index in [2.05, 4.69) is 20.4 Å². The summed E-state index contributed by atoms with van der Waals surface area (Å²) in [6.07, 6.45) is 13.3. The lowest BCUT2D eigenvalue weighted by molar-refractivity contribution is -0.119. The second-order valence-electron chi connectivity index (χ2n) is 9.34. The van der Waals surface area contributed by atoms with E-state index in [0.29, 0.717) is 11.2 Å². The van der Waals surface area contributed by atoms with Gasteiger partial charge in [0.1, 0.15) is 5.78 Å². The summed E-state index contributed by atoms with van der Waals surface area (Å²) in [4.78, 5) is 11.8.